The average Bonchev–Trinajstić information content (AvgIpc) is 2.58. The van der Waals surface area contributed by atoms with Gasteiger partial charge in [-0.15, -0.1) is 0 Å². The summed E-state index contributed by atoms with van der Waals surface area (Å²) in [5.41, 5.74) is 6.32. The normalized spacial score (nSPS) is 12.6. The second kappa shape index (κ2) is 6.55. The van der Waals surface area contributed by atoms with E-state index in [4.69, 9.17) is 5.73 Å². The summed E-state index contributed by atoms with van der Waals surface area (Å²) in [6.07, 6.45) is 0.777. The predicted molar refractivity (Wildman–Crippen MR) is 80.0 cm³/mol. The summed E-state index contributed by atoms with van der Waals surface area (Å²) >= 11 is 0. The van der Waals surface area contributed by atoms with E-state index in [1.165, 1.54) is 8.99 Å². The van der Waals surface area contributed by atoms with Crippen LogP contribution in [0.15, 0.2) is 4.90 Å². The lowest BCUT2D eigenvalue weighted by atomic mass is 10.4. The maximum Gasteiger partial charge on any atom is 0.248 e. The molecule has 0 saturated carbocycles. The lowest BCUT2D eigenvalue weighted by molar-refractivity contribution is 0.356. The lowest BCUT2D eigenvalue weighted by Crippen LogP contribution is -2.34. The molecular weight excluding hydrogens is 278 g/mol. The zero-order valence-electron chi connectivity index (χ0n) is 12.9. The van der Waals surface area contributed by atoms with Crippen molar-refractivity contribution in [2.24, 2.45) is 7.05 Å². The highest BCUT2D eigenvalue weighted by molar-refractivity contribution is 7.89. The standard InChI is InChI=1S/C12H25N5O2S/c1-6-17(9-7-8-15(3)4)20(18,19)11-10(2)16(5)14-12(11)13/h6-9H2,1-5H3,(H2,13,14). The van der Waals surface area contributed by atoms with Gasteiger partial charge in [0.1, 0.15) is 4.90 Å². The fourth-order valence-corrected chi connectivity index (χ4v) is 3.85. The number of nitrogens with zero attached hydrogens (tertiary/aromatic N) is 4. The molecule has 0 saturated heterocycles. The number of hydrogen-bond donors (Lipinski definition) is 1. The van der Waals surface area contributed by atoms with E-state index >= 15 is 0 Å². The van der Waals surface area contributed by atoms with E-state index < -0.39 is 10.0 Å². The van der Waals surface area contributed by atoms with Gasteiger partial charge in [0, 0.05) is 20.1 Å². The third-order valence-electron chi connectivity index (χ3n) is 3.27. The Morgan fingerprint density at radius 3 is 2.30 bits per heavy atom. The molecule has 2 N–H and O–H groups in total. The predicted octanol–water partition coefficient (Wildman–Crippen LogP) is 0.273. The smallest absolute Gasteiger partial charge is 0.248 e. The van der Waals surface area contributed by atoms with Crippen molar-refractivity contribution >= 4 is 15.8 Å². The molecule has 1 aromatic rings. The van der Waals surface area contributed by atoms with Gasteiger partial charge in [-0.2, -0.15) is 9.40 Å². The molecule has 0 bridgehead atoms. The van der Waals surface area contributed by atoms with Gasteiger partial charge in [-0.25, -0.2) is 8.42 Å². The Morgan fingerprint density at radius 2 is 1.90 bits per heavy atom. The third-order valence-corrected chi connectivity index (χ3v) is 5.41. The Labute approximate surface area is 121 Å². The van der Waals surface area contributed by atoms with E-state index in [1.807, 2.05) is 25.9 Å². The molecule has 1 heterocycles. The van der Waals surface area contributed by atoms with Gasteiger partial charge in [0.15, 0.2) is 5.82 Å². The van der Waals surface area contributed by atoms with Crippen LogP contribution in [0.3, 0.4) is 0 Å². The first kappa shape index (κ1) is 16.9. The molecule has 1 aromatic heterocycles. The third kappa shape index (κ3) is 3.50. The van der Waals surface area contributed by atoms with Gasteiger partial charge in [-0.05, 0) is 34.0 Å². The van der Waals surface area contributed by atoms with Crippen molar-refractivity contribution in [2.75, 3.05) is 39.5 Å². The molecule has 0 aliphatic heterocycles. The van der Waals surface area contributed by atoms with Crippen LogP contribution in [0, 0.1) is 6.92 Å². The fraction of sp³-hybridized carbons (Fsp3) is 0.750. The number of aryl methyl sites for hydroxylation is 1. The minimum absolute atomic E-state index is 0.0658. The Balaban J connectivity index is 3.00. The van der Waals surface area contributed by atoms with Crippen LogP contribution in [0.25, 0.3) is 0 Å². The van der Waals surface area contributed by atoms with E-state index in [9.17, 15) is 8.42 Å². The first-order valence-corrected chi connectivity index (χ1v) is 8.09. The van der Waals surface area contributed by atoms with Gasteiger partial charge in [0.25, 0.3) is 0 Å². The summed E-state index contributed by atoms with van der Waals surface area (Å²) in [6.45, 7) is 5.28. The molecule has 0 spiro atoms. The van der Waals surface area contributed by atoms with Crippen molar-refractivity contribution in [1.29, 1.82) is 0 Å². The molecule has 0 radical (unpaired) electrons. The molecule has 0 aliphatic rings. The van der Waals surface area contributed by atoms with Gasteiger partial charge in [-0.3, -0.25) is 4.68 Å². The lowest BCUT2D eigenvalue weighted by Gasteiger charge is -2.21. The Hall–Kier alpha value is -1.12. The van der Waals surface area contributed by atoms with Crippen LogP contribution in [-0.4, -0.2) is 61.1 Å². The van der Waals surface area contributed by atoms with Crippen molar-refractivity contribution < 1.29 is 8.42 Å². The molecule has 20 heavy (non-hydrogen) atoms. The van der Waals surface area contributed by atoms with Crippen LogP contribution in [0.5, 0.6) is 0 Å². The summed E-state index contributed by atoms with van der Waals surface area (Å²) in [7, 11) is 2.04. The Kier molecular flexibility index (Phi) is 5.55. The molecular formula is C12H25N5O2S. The van der Waals surface area contributed by atoms with Gasteiger partial charge in [0.2, 0.25) is 10.0 Å². The first-order chi connectivity index (χ1) is 9.21. The summed E-state index contributed by atoms with van der Waals surface area (Å²) in [5, 5.41) is 3.98. The van der Waals surface area contributed by atoms with E-state index in [1.54, 1.807) is 14.0 Å². The number of rotatable bonds is 7. The number of sulfonamides is 1. The van der Waals surface area contributed by atoms with Crippen LogP contribution in [0.2, 0.25) is 0 Å². The van der Waals surface area contributed by atoms with Crippen LogP contribution in [-0.2, 0) is 17.1 Å². The molecule has 1 rings (SSSR count). The Bertz CT molecular complexity index is 550. The van der Waals surface area contributed by atoms with Crippen LogP contribution in [0.1, 0.15) is 19.0 Å². The highest BCUT2D eigenvalue weighted by Gasteiger charge is 2.29. The molecule has 0 aliphatic carbocycles. The number of hydrogen-bond acceptors (Lipinski definition) is 5. The van der Waals surface area contributed by atoms with Crippen molar-refractivity contribution in [1.82, 2.24) is 19.0 Å². The Morgan fingerprint density at radius 1 is 1.30 bits per heavy atom. The number of aromatic nitrogens is 2. The summed E-state index contributed by atoms with van der Waals surface area (Å²) in [4.78, 5) is 2.16. The van der Waals surface area contributed by atoms with Crippen molar-refractivity contribution in [3.63, 3.8) is 0 Å². The van der Waals surface area contributed by atoms with Crippen LogP contribution >= 0.6 is 0 Å². The minimum atomic E-state index is -3.58. The van der Waals surface area contributed by atoms with E-state index in [0.717, 1.165) is 13.0 Å². The summed E-state index contributed by atoms with van der Waals surface area (Å²) in [6, 6.07) is 0. The zero-order chi connectivity index (χ0) is 15.5. The highest BCUT2D eigenvalue weighted by Crippen LogP contribution is 2.25. The molecule has 7 nitrogen and oxygen atoms in total. The zero-order valence-corrected chi connectivity index (χ0v) is 13.7. The maximum atomic E-state index is 12.7. The molecule has 0 aromatic carbocycles. The SMILES string of the molecule is CCN(CCCN(C)C)S(=O)(=O)c1c(N)nn(C)c1C. The fourth-order valence-electron chi connectivity index (χ4n) is 2.07. The molecule has 0 atom stereocenters. The highest BCUT2D eigenvalue weighted by atomic mass is 32.2. The van der Waals surface area contributed by atoms with Crippen molar-refractivity contribution in [3.8, 4) is 0 Å². The average molecular weight is 303 g/mol. The largest absolute Gasteiger partial charge is 0.381 e. The first-order valence-electron chi connectivity index (χ1n) is 6.65. The van der Waals surface area contributed by atoms with E-state index in [2.05, 4.69) is 5.10 Å². The van der Waals surface area contributed by atoms with Crippen LogP contribution < -0.4 is 5.73 Å². The second-order valence-electron chi connectivity index (χ2n) is 5.08. The molecule has 0 amide bonds. The van der Waals surface area contributed by atoms with E-state index in [0.29, 0.717) is 18.8 Å². The maximum absolute atomic E-state index is 12.7. The van der Waals surface area contributed by atoms with E-state index in [-0.39, 0.29) is 10.7 Å². The van der Waals surface area contributed by atoms with Gasteiger partial charge in [0.05, 0.1) is 5.69 Å². The molecule has 0 unspecified atom stereocenters. The van der Waals surface area contributed by atoms with Gasteiger partial charge >= 0.3 is 0 Å². The molecule has 116 valence electrons. The topological polar surface area (TPSA) is 84.5 Å². The summed E-state index contributed by atoms with van der Waals surface area (Å²) < 4.78 is 28.3. The van der Waals surface area contributed by atoms with Crippen LogP contribution in [0.4, 0.5) is 5.82 Å². The van der Waals surface area contributed by atoms with Crippen molar-refractivity contribution in [3.05, 3.63) is 5.69 Å². The number of nitrogens with two attached hydrogens (primary N) is 1. The quantitative estimate of drug-likeness (QED) is 0.782. The monoisotopic (exact) mass is 303 g/mol. The number of nitrogen functional groups attached to an aromatic ring is 1. The number of anilines is 1. The molecule has 8 heteroatoms. The second-order valence-corrected chi connectivity index (χ2v) is 6.95. The summed E-state index contributed by atoms with van der Waals surface area (Å²) in [5.74, 6) is 0.0658. The van der Waals surface area contributed by atoms with Gasteiger partial charge in [-0.1, -0.05) is 6.92 Å². The minimum Gasteiger partial charge on any atom is -0.381 e. The van der Waals surface area contributed by atoms with Crippen molar-refractivity contribution in [2.45, 2.75) is 25.2 Å². The van der Waals surface area contributed by atoms with Gasteiger partial charge < -0.3 is 10.6 Å². The molecule has 0 fully saturated rings.